The molecule has 0 saturated carbocycles. The number of likely N-dealkylation sites (tertiary alicyclic amines) is 1. The molecule has 1 amide bonds. The van der Waals surface area contributed by atoms with E-state index in [-0.39, 0.29) is 29.1 Å². The maximum absolute atomic E-state index is 15.4. The maximum atomic E-state index is 15.4. The summed E-state index contributed by atoms with van der Waals surface area (Å²) in [5.74, 6) is -2.57. The third kappa shape index (κ3) is 5.23. The number of hydrogen-bond donors (Lipinski definition) is 1. The predicted octanol–water partition coefficient (Wildman–Crippen LogP) is 4.74. The first kappa shape index (κ1) is 23.3. The smallest absolute Gasteiger partial charge is 0.270 e. The van der Waals surface area contributed by atoms with E-state index >= 15 is 4.39 Å². The standard InChI is InChI=1S/C24H30F3N5O/c1-16(33)31-12-9-17(10-13-31)14-28-22-21(25)23(30-15-29-22)32-11-3-4-20(32)18-5-7-19(8-6-18)24(2,26)27/h5-8,15,17,20H,3-4,9-14H2,1-2H3,(H,28,29,30). The van der Waals surface area contributed by atoms with E-state index < -0.39 is 11.7 Å². The highest BCUT2D eigenvalue weighted by Gasteiger charge is 2.31. The van der Waals surface area contributed by atoms with Gasteiger partial charge >= 0.3 is 0 Å². The van der Waals surface area contributed by atoms with E-state index in [0.29, 0.717) is 19.0 Å². The number of benzene rings is 1. The summed E-state index contributed by atoms with van der Waals surface area (Å²) in [4.78, 5) is 23.5. The van der Waals surface area contributed by atoms with Crippen LogP contribution in [0.3, 0.4) is 0 Å². The monoisotopic (exact) mass is 461 g/mol. The van der Waals surface area contributed by atoms with Gasteiger partial charge in [0.25, 0.3) is 5.92 Å². The van der Waals surface area contributed by atoms with Gasteiger partial charge in [0, 0.05) is 45.6 Å². The maximum Gasteiger partial charge on any atom is 0.270 e. The summed E-state index contributed by atoms with van der Waals surface area (Å²) in [6, 6.07) is 6.14. The number of alkyl halides is 2. The van der Waals surface area contributed by atoms with Gasteiger partial charge in [-0.25, -0.2) is 18.7 Å². The molecular weight excluding hydrogens is 431 g/mol. The minimum atomic E-state index is -2.89. The first-order valence-corrected chi connectivity index (χ1v) is 11.5. The summed E-state index contributed by atoms with van der Waals surface area (Å²) >= 11 is 0. The molecule has 33 heavy (non-hydrogen) atoms. The van der Waals surface area contributed by atoms with Gasteiger partial charge in [0.2, 0.25) is 11.7 Å². The van der Waals surface area contributed by atoms with Crippen molar-refractivity contribution >= 4 is 17.5 Å². The number of carbonyl (C=O) groups is 1. The molecule has 2 aliphatic heterocycles. The highest BCUT2D eigenvalue weighted by molar-refractivity contribution is 5.73. The number of piperidine rings is 1. The molecule has 2 aromatic rings. The zero-order valence-corrected chi connectivity index (χ0v) is 19.0. The molecule has 178 valence electrons. The Bertz CT molecular complexity index is 971. The Morgan fingerprint density at radius 1 is 1.12 bits per heavy atom. The minimum absolute atomic E-state index is 0.0374. The molecule has 1 unspecified atom stereocenters. The van der Waals surface area contributed by atoms with Gasteiger partial charge in [-0.3, -0.25) is 4.79 Å². The first-order valence-electron chi connectivity index (χ1n) is 11.5. The van der Waals surface area contributed by atoms with Crippen LogP contribution in [-0.4, -0.2) is 47.0 Å². The quantitative estimate of drug-likeness (QED) is 0.673. The van der Waals surface area contributed by atoms with Crippen LogP contribution in [0.25, 0.3) is 0 Å². The number of anilines is 2. The summed E-state index contributed by atoms with van der Waals surface area (Å²) in [5.41, 5.74) is 0.829. The van der Waals surface area contributed by atoms with Crippen LogP contribution in [0.2, 0.25) is 0 Å². The molecule has 4 rings (SSSR count). The van der Waals surface area contributed by atoms with Crippen LogP contribution in [0.1, 0.15) is 56.7 Å². The third-order valence-corrected chi connectivity index (χ3v) is 6.72. The van der Waals surface area contributed by atoms with Gasteiger partial charge in [-0.1, -0.05) is 24.3 Å². The third-order valence-electron chi connectivity index (χ3n) is 6.72. The van der Waals surface area contributed by atoms with Crippen molar-refractivity contribution in [3.63, 3.8) is 0 Å². The van der Waals surface area contributed by atoms with Crippen LogP contribution in [0.15, 0.2) is 30.6 Å². The van der Waals surface area contributed by atoms with Gasteiger partial charge in [0.15, 0.2) is 11.6 Å². The van der Waals surface area contributed by atoms with Crippen molar-refractivity contribution in [3.8, 4) is 0 Å². The zero-order chi connectivity index (χ0) is 23.6. The van der Waals surface area contributed by atoms with E-state index in [4.69, 9.17) is 0 Å². The number of aromatic nitrogens is 2. The van der Waals surface area contributed by atoms with Gasteiger partial charge in [0.1, 0.15) is 6.33 Å². The fraction of sp³-hybridized carbons (Fsp3) is 0.542. The molecule has 2 saturated heterocycles. The van der Waals surface area contributed by atoms with Crippen LogP contribution in [0, 0.1) is 11.7 Å². The Balaban J connectivity index is 1.44. The molecule has 9 heteroatoms. The number of halogens is 3. The summed E-state index contributed by atoms with van der Waals surface area (Å²) in [6.45, 7) is 5.11. The lowest BCUT2D eigenvalue weighted by Gasteiger charge is -2.31. The van der Waals surface area contributed by atoms with Crippen molar-refractivity contribution in [2.75, 3.05) is 36.4 Å². The lowest BCUT2D eigenvalue weighted by Crippen LogP contribution is -2.38. The number of rotatable bonds is 6. The molecule has 1 N–H and O–H groups in total. The van der Waals surface area contributed by atoms with Crippen molar-refractivity contribution in [1.29, 1.82) is 0 Å². The molecule has 1 aromatic carbocycles. The molecule has 0 aliphatic carbocycles. The summed E-state index contributed by atoms with van der Waals surface area (Å²) in [5, 5.41) is 3.13. The van der Waals surface area contributed by atoms with Gasteiger partial charge in [-0.05, 0) is 37.2 Å². The van der Waals surface area contributed by atoms with Crippen LogP contribution >= 0.6 is 0 Å². The van der Waals surface area contributed by atoms with E-state index in [1.165, 1.54) is 18.5 Å². The average Bonchev–Trinajstić information content (AvgIpc) is 3.28. The normalized spacial score (nSPS) is 19.7. The predicted molar refractivity (Wildman–Crippen MR) is 121 cm³/mol. The number of nitrogens with zero attached hydrogens (tertiary/aromatic N) is 4. The molecular formula is C24H30F3N5O. The number of amides is 1. The largest absolute Gasteiger partial charge is 0.367 e. The fourth-order valence-electron chi connectivity index (χ4n) is 4.74. The lowest BCUT2D eigenvalue weighted by atomic mass is 9.97. The highest BCUT2D eigenvalue weighted by Crippen LogP contribution is 2.38. The number of carbonyl (C=O) groups excluding carboxylic acids is 1. The van der Waals surface area contributed by atoms with E-state index in [1.807, 2.05) is 9.80 Å². The van der Waals surface area contributed by atoms with Crippen LogP contribution in [0.4, 0.5) is 24.8 Å². The second-order valence-corrected chi connectivity index (χ2v) is 9.05. The number of nitrogens with one attached hydrogen (secondary N) is 1. The molecule has 1 aromatic heterocycles. The van der Waals surface area contributed by atoms with Crippen LogP contribution in [0.5, 0.6) is 0 Å². The zero-order valence-electron chi connectivity index (χ0n) is 19.0. The number of hydrogen-bond acceptors (Lipinski definition) is 5. The second kappa shape index (κ2) is 9.57. The van der Waals surface area contributed by atoms with Gasteiger partial charge in [-0.15, -0.1) is 0 Å². The Morgan fingerprint density at radius 3 is 2.45 bits per heavy atom. The van der Waals surface area contributed by atoms with E-state index in [1.54, 1.807) is 19.1 Å². The molecule has 6 nitrogen and oxygen atoms in total. The molecule has 1 atom stereocenters. The highest BCUT2D eigenvalue weighted by atomic mass is 19.3. The van der Waals surface area contributed by atoms with Gasteiger partial charge < -0.3 is 15.1 Å². The first-order chi connectivity index (χ1) is 15.7. The Morgan fingerprint density at radius 2 is 1.82 bits per heavy atom. The lowest BCUT2D eigenvalue weighted by molar-refractivity contribution is -0.130. The van der Waals surface area contributed by atoms with E-state index in [0.717, 1.165) is 51.3 Å². The summed E-state index contributed by atoms with van der Waals surface area (Å²) < 4.78 is 42.5. The Labute approximate surface area is 192 Å². The average molecular weight is 462 g/mol. The van der Waals surface area contributed by atoms with E-state index in [9.17, 15) is 13.6 Å². The molecule has 2 fully saturated rings. The van der Waals surface area contributed by atoms with Crippen molar-refractivity contribution in [3.05, 3.63) is 47.5 Å². The Kier molecular flexibility index (Phi) is 6.76. The SMILES string of the molecule is CC(=O)N1CCC(CNc2ncnc(N3CCCC3c3ccc(C(C)(F)F)cc3)c2F)CC1. The van der Waals surface area contributed by atoms with Crippen LogP contribution < -0.4 is 10.2 Å². The topological polar surface area (TPSA) is 61.4 Å². The molecule has 0 radical (unpaired) electrons. The second-order valence-electron chi connectivity index (χ2n) is 9.05. The fourth-order valence-corrected chi connectivity index (χ4v) is 4.74. The van der Waals surface area contributed by atoms with Crippen molar-refractivity contribution in [2.24, 2.45) is 5.92 Å². The molecule has 3 heterocycles. The minimum Gasteiger partial charge on any atom is -0.367 e. The van der Waals surface area contributed by atoms with Gasteiger partial charge in [-0.2, -0.15) is 4.39 Å². The molecule has 0 spiro atoms. The van der Waals surface area contributed by atoms with E-state index in [2.05, 4.69) is 15.3 Å². The summed E-state index contributed by atoms with van der Waals surface area (Å²) in [6.07, 6.45) is 4.75. The van der Waals surface area contributed by atoms with Crippen LogP contribution in [-0.2, 0) is 10.7 Å². The van der Waals surface area contributed by atoms with Crippen molar-refractivity contribution < 1.29 is 18.0 Å². The van der Waals surface area contributed by atoms with Gasteiger partial charge in [0.05, 0.1) is 6.04 Å². The molecule has 2 aliphatic rings. The van der Waals surface area contributed by atoms with Crippen molar-refractivity contribution in [1.82, 2.24) is 14.9 Å². The Hall–Kier alpha value is -2.84. The van der Waals surface area contributed by atoms with Crippen molar-refractivity contribution in [2.45, 2.75) is 51.5 Å². The molecule has 0 bridgehead atoms. The summed E-state index contributed by atoms with van der Waals surface area (Å²) in [7, 11) is 0.